The smallest absolute Gasteiger partial charge is 0.123 e. The molecule has 0 atom stereocenters. The van der Waals surface area contributed by atoms with Gasteiger partial charge in [0.25, 0.3) is 0 Å². The van der Waals surface area contributed by atoms with Crippen molar-refractivity contribution in [2.24, 2.45) is 5.73 Å². The van der Waals surface area contributed by atoms with Crippen molar-refractivity contribution in [3.63, 3.8) is 0 Å². The van der Waals surface area contributed by atoms with E-state index in [-0.39, 0.29) is 5.82 Å². The third-order valence-electron chi connectivity index (χ3n) is 2.71. The van der Waals surface area contributed by atoms with Crippen molar-refractivity contribution in [1.29, 1.82) is 0 Å². The van der Waals surface area contributed by atoms with Gasteiger partial charge in [-0.25, -0.2) is 4.39 Å². The Morgan fingerprint density at radius 2 is 2.12 bits per heavy atom. The normalized spacial score (nSPS) is 10.8. The van der Waals surface area contributed by atoms with Gasteiger partial charge < -0.3 is 5.73 Å². The molecule has 94 valence electrons. The van der Waals surface area contributed by atoms with Crippen LogP contribution in [0, 0.1) is 5.82 Å². The second kappa shape index (κ2) is 6.67. The Hall–Kier alpha value is -1.00. The van der Waals surface area contributed by atoms with E-state index in [2.05, 4.69) is 18.7 Å². The fourth-order valence-corrected chi connectivity index (χ4v) is 2.04. The molecule has 2 nitrogen and oxygen atoms in total. The monoisotopic (exact) mass is 254 g/mol. The lowest BCUT2D eigenvalue weighted by Gasteiger charge is -2.21. The number of thiocarbonyl (C=S) groups is 1. The van der Waals surface area contributed by atoms with Crippen LogP contribution in [0.15, 0.2) is 18.2 Å². The summed E-state index contributed by atoms with van der Waals surface area (Å²) < 4.78 is 13.2. The number of hydrogen-bond acceptors (Lipinski definition) is 2. The highest BCUT2D eigenvalue weighted by Gasteiger charge is 2.10. The van der Waals surface area contributed by atoms with E-state index in [1.165, 1.54) is 12.1 Å². The predicted octanol–water partition coefficient (Wildman–Crippen LogP) is 2.69. The zero-order valence-electron chi connectivity index (χ0n) is 10.4. The van der Waals surface area contributed by atoms with E-state index in [1.807, 2.05) is 0 Å². The summed E-state index contributed by atoms with van der Waals surface area (Å²) in [6.45, 7) is 6.83. The van der Waals surface area contributed by atoms with Crippen molar-refractivity contribution >= 4 is 17.2 Å². The first-order chi connectivity index (χ1) is 8.08. The van der Waals surface area contributed by atoms with Crippen molar-refractivity contribution < 1.29 is 4.39 Å². The quantitative estimate of drug-likeness (QED) is 0.791. The Morgan fingerprint density at radius 1 is 1.41 bits per heavy atom. The van der Waals surface area contributed by atoms with Gasteiger partial charge in [0.1, 0.15) is 10.8 Å². The molecule has 0 radical (unpaired) electrons. The van der Waals surface area contributed by atoms with Crippen LogP contribution in [0.4, 0.5) is 4.39 Å². The summed E-state index contributed by atoms with van der Waals surface area (Å²) in [7, 11) is 0. The fourth-order valence-electron chi connectivity index (χ4n) is 1.84. The third-order valence-corrected chi connectivity index (χ3v) is 2.93. The van der Waals surface area contributed by atoms with Gasteiger partial charge in [-0.1, -0.05) is 26.1 Å². The zero-order valence-corrected chi connectivity index (χ0v) is 11.2. The fraction of sp³-hybridized carbons (Fsp3) is 0.462. The first kappa shape index (κ1) is 14.1. The SMILES string of the molecule is CCCN(CC)Cc1cc(F)ccc1C(N)=S. The van der Waals surface area contributed by atoms with Gasteiger partial charge in [-0.15, -0.1) is 0 Å². The van der Waals surface area contributed by atoms with E-state index >= 15 is 0 Å². The van der Waals surface area contributed by atoms with Crippen molar-refractivity contribution in [2.75, 3.05) is 13.1 Å². The van der Waals surface area contributed by atoms with Gasteiger partial charge in [-0.05, 0) is 43.3 Å². The minimum absolute atomic E-state index is 0.243. The Balaban J connectivity index is 2.94. The third kappa shape index (κ3) is 4.06. The van der Waals surface area contributed by atoms with Crippen molar-refractivity contribution in [2.45, 2.75) is 26.8 Å². The highest BCUT2D eigenvalue weighted by atomic mass is 32.1. The molecule has 0 saturated carbocycles. The van der Waals surface area contributed by atoms with Crippen LogP contribution in [-0.4, -0.2) is 23.0 Å². The Bertz CT molecular complexity index is 393. The van der Waals surface area contributed by atoms with E-state index in [9.17, 15) is 4.39 Å². The van der Waals surface area contributed by atoms with Crippen molar-refractivity contribution in [1.82, 2.24) is 4.90 Å². The molecule has 1 aromatic carbocycles. The van der Waals surface area contributed by atoms with E-state index < -0.39 is 0 Å². The molecule has 0 aliphatic heterocycles. The average Bonchev–Trinajstić information content (AvgIpc) is 2.28. The minimum atomic E-state index is -0.243. The van der Waals surface area contributed by atoms with Gasteiger partial charge in [0.05, 0.1) is 0 Å². The van der Waals surface area contributed by atoms with E-state index in [0.29, 0.717) is 11.5 Å². The molecule has 0 heterocycles. The maximum absolute atomic E-state index is 13.2. The molecule has 1 rings (SSSR count). The Labute approximate surface area is 108 Å². The van der Waals surface area contributed by atoms with Crippen molar-refractivity contribution in [3.05, 3.63) is 35.1 Å². The summed E-state index contributed by atoms with van der Waals surface area (Å²) in [4.78, 5) is 2.57. The molecule has 2 N–H and O–H groups in total. The zero-order chi connectivity index (χ0) is 12.8. The van der Waals surface area contributed by atoms with Gasteiger partial charge in [0.15, 0.2) is 0 Å². The van der Waals surface area contributed by atoms with E-state index in [0.717, 1.165) is 30.6 Å². The van der Waals surface area contributed by atoms with Crippen LogP contribution in [0.2, 0.25) is 0 Å². The van der Waals surface area contributed by atoms with Crippen molar-refractivity contribution in [3.8, 4) is 0 Å². The van der Waals surface area contributed by atoms with Crippen LogP contribution in [0.1, 0.15) is 31.4 Å². The average molecular weight is 254 g/mol. The number of halogens is 1. The summed E-state index contributed by atoms with van der Waals surface area (Å²) >= 11 is 4.98. The van der Waals surface area contributed by atoms with Gasteiger partial charge in [-0.2, -0.15) is 0 Å². The maximum atomic E-state index is 13.2. The molecule has 0 aliphatic rings. The van der Waals surface area contributed by atoms with Gasteiger partial charge in [0.2, 0.25) is 0 Å². The molecule has 0 amide bonds. The lowest BCUT2D eigenvalue weighted by molar-refractivity contribution is 0.280. The molecule has 0 fully saturated rings. The molecule has 17 heavy (non-hydrogen) atoms. The van der Waals surface area contributed by atoms with Crippen LogP contribution < -0.4 is 5.73 Å². The molecular weight excluding hydrogens is 235 g/mol. The Kier molecular flexibility index (Phi) is 5.51. The highest BCUT2D eigenvalue weighted by molar-refractivity contribution is 7.80. The molecule has 0 unspecified atom stereocenters. The van der Waals surface area contributed by atoms with E-state index in [1.54, 1.807) is 6.07 Å². The second-order valence-electron chi connectivity index (χ2n) is 4.03. The molecular formula is C13H19FN2S. The highest BCUT2D eigenvalue weighted by Crippen LogP contribution is 2.14. The van der Waals surface area contributed by atoms with Crippen LogP contribution in [-0.2, 0) is 6.54 Å². The van der Waals surface area contributed by atoms with Gasteiger partial charge in [-0.3, -0.25) is 4.90 Å². The standard InChI is InChI=1S/C13H19FN2S/c1-3-7-16(4-2)9-10-8-11(14)5-6-12(10)13(15)17/h5-6,8H,3-4,7,9H2,1-2H3,(H2,15,17). The van der Waals surface area contributed by atoms with Crippen LogP contribution in [0.25, 0.3) is 0 Å². The number of nitrogens with two attached hydrogens (primary N) is 1. The first-order valence-electron chi connectivity index (χ1n) is 5.89. The largest absolute Gasteiger partial charge is 0.389 e. The van der Waals surface area contributed by atoms with Crippen LogP contribution in [0.5, 0.6) is 0 Å². The Morgan fingerprint density at radius 3 is 2.65 bits per heavy atom. The molecule has 0 bridgehead atoms. The first-order valence-corrected chi connectivity index (χ1v) is 6.29. The number of rotatable bonds is 6. The molecule has 0 aromatic heterocycles. The topological polar surface area (TPSA) is 29.3 Å². The summed E-state index contributed by atoms with van der Waals surface area (Å²) in [6, 6.07) is 4.58. The predicted molar refractivity (Wildman–Crippen MR) is 73.5 cm³/mol. The summed E-state index contributed by atoms with van der Waals surface area (Å²) in [6.07, 6.45) is 1.07. The minimum Gasteiger partial charge on any atom is -0.389 e. The van der Waals surface area contributed by atoms with Gasteiger partial charge >= 0.3 is 0 Å². The summed E-state index contributed by atoms with van der Waals surface area (Å²) in [5, 5.41) is 0. The lowest BCUT2D eigenvalue weighted by atomic mass is 10.1. The maximum Gasteiger partial charge on any atom is 0.123 e. The number of benzene rings is 1. The molecule has 0 spiro atoms. The van der Waals surface area contributed by atoms with Crippen LogP contribution >= 0.6 is 12.2 Å². The second-order valence-corrected chi connectivity index (χ2v) is 4.47. The van der Waals surface area contributed by atoms with Crippen LogP contribution in [0.3, 0.4) is 0 Å². The van der Waals surface area contributed by atoms with E-state index in [4.69, 9.17) is 18.0 Å². The molecule has 4 heteroatoms. The summed E-state index contributed by atoms with van der Waals surface area (Å²) in [5.41, 5.74) is 7.29. The number of hydrogen-bond donors (Lipinski definition) is 1. The number of nitrogens with zero attached hydrogens (tertiary/aromatic N) is 1. The molecule has 0 aliphatic carbocycles. The molecule has 0 saturated heterocycles. The lowest BCUT2D eigenvalue weighted by Crippen LogP contribution is -2.25. The molecule has 1 aromatic rings. The van der Waals surface area contributed by atoms with Gasteiger partial charge in [0, 0.05) is 12.1 Å². The summed E-state index contributed by atoms with van der Waals surface area (Å²) in [5.74, 6) is -0.243.